The summed E-state index contributed by atoms with van der Waals surface area (Å²) in [6.45, 7) is 5.75. The SMILES string of the molecule is CP(C)(C)(C)OP(=O)(OC1CCCCC1)OC1CCCCC1. The molecule has 0 aromatic carbocycles. The van der Waals surface area contributed by atoms with E-state index >= 15 is 0 Å². The number of hydrogen-bond acceptors (Lipinski definition) is 4. The molecule has 0 spiro atoms. The van der Waals surface area contributed by atoms with Crippen molar-refractivity contribution in [3.05, 3.63) is 0 Å². The van der Waals surface area contributed by atoms with Crippen LogP contribution in [0.25, 0.3) is 0 Å². The maximum atomic E-state index is 13.3. The molecule has 6 heteroatoms. The van der Waals surface area contributed by atoms with E-state index < -0.39 is 14.7 Å². The van der Waals surface area contributed by atoms with Crippen LogP contribution in [-0.4, -0.2) is 38.9 Å². The zero-order chi connectivity index (χ0) is 16.3. The summed E-state index contributed by atoms with van der Waals surface area (Å²) >= 11 is 0. The Bertz CT molecular complexity index is 371. The van der Waals surface area contributed by atoms with Crippen LogP contribution < -0.4 is 0 Å². The van der Waals surface area contributed by atoms with E-state index in [1.54, 1.807) is 0 Å². The number of hydrogen-bond donors (Lipinski definition) is 0. The van der Waals surface area contributed by atoms with Gasteiger partial charge in [-0.15, -0.1) is 0 Å². The van der Waals surface area contributed by atoms with Gasteiger partial charge in [0, 0.05) is 0 Å². The molecule has 2 fully saturated rings. The van der Waals surface area contributed by atoms with Crippen molar-refractivity contribution in [1.29, 1.82) is 0 Å². The standard InChI is InChI=1S/C16H34O4P2/c1-22(2,3,4)20-21(17,18-15-11-7-5-8-12-15)19-16-13-9-6-10-14-16/h15-16H,5-14H2,1-4H3. The quantitative estimate of drug-likeness (QED) is 0.567. The summed E-state index contributed by atoms with van der Waals surface area (Å²) in [6.07, 6.45) is 11.0. The second-order valence-corrected chi connectivity index (χ2v) is 17.5. The van der Waals surface area contributed by atoms with E-state index in [-0.39, 0.29) is 12.2 Å². The van der Waals surface area contributed by atoms with Gasteiger partial charge in [-0.05, 0) is 0 Å². The van der Waals surface area contributed by atoms with Gasteiger partial charge in [0.05, 0.1) is 0 Å². The monoisotopic (exact) mass is 352 g/mol. The molecular weight excluding hydrogens is 318 g/mol. The van der Waals surface area contributed by atoms with Crippen LogP contribution in [0.2, 0.25) is 0 Å². The minimum atomic E-state index is -3.49. The first-order chi connectivity index (χ1) is 10.1. The van der Waals surface area contributed by atoms with Crippen LogP contribution in [0.5, 0.6) is 0 Å². The van der Waals surface area contributed by atoms with Crippen molar-refractivity contribution in [2.45, 2.75) is 76.4 Å². The van der Waals surface area contributed by atoms with E-state index in [1.165, 1.54) is 12.8 Å². The molecule has 2 aliphatic rings. The molecule has 0 bridgehead atoms. The van der Waals surface area contributed by atoms with Gasteiger partial charge in [0.2, 0.25) is 0 Å². The topological polar surface area (TPSA) is 44.8 Å². The Kier molecular flexibility index (Phi) is 6.17. The van der Waals surface area contributed by atoms with E-state index in [4.69, 9.17) is 13.4 Å². The Labute approximate surface area is 136 Å². The van der Waals surface area contributed by atoms with Gasteiger partial charge in [-0.3, -0.25) is 0 Å². The molecule has 2 rings (SSSR count). The van der Waals surface area contributed by atoms with Crippen LogP contribution in [-0.2, 0) is 17.9 Å². The molecule has 0 atom stereocenters. The minimum absolute atomic E-state index is 0.0293. The zero-order valence-corrected chi connectivity index (χ0v) is 16.5. The van der Waals surface area contributed by atoms with Gasteiger partial charge in [0.1, 0.15) is 0 Å². The fourth-order valence-electron chi connectivity index (χ4n) is 3.17. The Morgan fingerprint density at radius 1 is 0.727 bits per heavy atom. The first kappa shape index (κ1) is 18.9. The van der Waals surface area contributed by atoms with E-state index in [0.29, 0.717) is 0 Å². The van der Waals surface area contributed by atoms with Crippen LogP contribution in [0.15, 0.2) is 0 Å². The Morgan fingerprint density at radius 3 is 1.41 bits per heavy atom. The van der Waals surface area contributed by atoms with Crippen LogP contribution >= 0.6 is 14.7 Å². The molecule has 22 heavy (non-hydrogen) atoms. The summed E-state index contributed by atoms with van der Waals surface area (Å²) in [5.41, 5.74) is 0. The van der Waals surface area contributed by atoms with Crippen molar-refractivity contribution in [2.24, 2.45) is 0 Å². The molecule has 2 aliphatic carbocycles. The van der Waals surface area contributed by atoms with E-state index in [9.17, 15) is 4.57 Å². The van der Waals surface area contributed by atoms with Gasteiger partial charge in [-0.1, -0.05) is 0 Å². The fraction of sp³-hybridized carbons (Fsp3) is 1.00. The molecule has 0 aliphatic heterocycles. The van der Waals surface area contributed by atoms with Crippen molar-refractivity contribution in [2.75, 3.05) is 26.7 Å². The van der Waals surface area contributed by atoms with Crippen molar-refractivity contribution >= 4 is 14.7 Å². The molecule has 132 valence electrons. The molecule has 0 aromatic heterocycles. The normalized spacial score (nSPS) is 24.8. The first-order valence-corrected chi connectivity index (χ1v) is 14.2. The summed E-state index contributed by atoms with van der Waals surface area (Å²) in [7, 11) is -3.49. The van der Waals surface area contributed by atoms with Gasteiger partial charge >= 0.3 is 136 Å². The number of phosphoric acid groups is 1. The third-order valence-corrected chi connectivity index (χ3v) is 8.61. The predicted molar refractivity (Wildman–Crippen MR) is 95.2 cm³/mol. The van der Waals surface area contributed by atoms with Crippen LogP contribution in [0.1, 0.15) is 64.2 Å². The van der Waals surface area contributed by atoms with Gasteiger partial charge < -0.3 is 0 Å². The van der Waals surface area contributed by atoms with Gasteiger partial charge in [-0.2, -0.15) is 0 Å². The zero-order valence-electron chi connectivity index (χ0n) is 14.8. The molecular formula is C16H34O4P2. The number of phosphoric ester groups is 1. The molecule has 0 saturated heterocycles. The average molecular weight is 352 g/mol. The van der Waals surface area contributed by atoms with Crippen molar-refractivity contribution in [3.8, 4) is 0 Å². The summed E-state index contributed by atoms with van der Waals surface area (Å²) in [5, 5.41) is 0. The fourth-order valence-corrected chi connectivity index (χ4v) is 7.88. The van der Waals surface area contributed by atoms with Gasteiger partial charge in [0.15, 0.2) is 0 Å². The Morgan fingerprint density at radius 2 is 1.09 bits per heavy atom. The van der Waals surface area contributed by atoms with Crippen LogP contribution in [0, 0.1) is 0 Å². The van der Waals surface area contributed by atoms with Crippen molar-refractivity contribution in [1.82, 2.24) is 0 Å². The molecule has 4 nitrogen and oxygen atoms in total. The second kappa shape index (κ2) is 7.19. The van der Waals surface area contributed by atoms with Crippen molar-refractivity contribution < 1.29 is 17.9 Å². The molecule has 0 amide bonds. The van der Waals surface area contributed by atoms with E-state index in [1.807, 2.05) is 26.7 Å². The molecule has 0 radical (unpaired) electrons. The third-order valence-electron chi connectivity index (χ3n) is 4.09. The summed E-state index contributed by atoms with van der Waals surface area (Å²) in [5.74, 6) is 0. The van der Waals surface area contributed by atoms with Crippen LogP contribution in [0.4, 0.5) is 0 Å². The third kappa shape index (κ3) is 6.97. The predicted octanol–water partition coefficient (Wildman–Crippen LogP) is 5.80. The first-order valence-electron chi connectivity index (χ1n) is 8.81. The summed E-state index contributed by atoms with van der Waals surface area (Å²) in [4.78, 5) is 0. The molecule has 2 saturated carbocycles. The number of rotatable bonds is 6. The van der Waals surface area contributed by atoms with Gasteiger partial charge in [-0.25, -0.2) is 0 Å². The Hall–Kier alpha value is 0.540. The second-order valence-electron chi connectivity index (χ2n) is 8.67. The average Bonchev–Trinajstić information content (AvgIpc) is 2.37. The van der Waals surface area contributed by atoms with Gasteiger partial charge in [0.25, 0.3) is 0 Å². The van der Waals surface area contributed by atoms with E-state index in [2.05, 4.69) is 0 Å². The summed E-state index contributed by atoms with van der Waals surface area (Å²) < 4.78 is 31.3. The maximum absolute atomic E-state index is 13.3. The molecule has 0 heterocycles. The Balaban J connectivity index is 2.06. The molecule has 0 aromatic rings. The molecule has 0 unspecified atom stereocenters. The van der Waals surface area contributed by atoms with Crippen molar-refractivity contribution in [3.63, 3.8) is 0 Å². The molecule has 0 N–H and O–H groups in total. The van der Waals surface area contributed by atoms with E-state index in [0.717, 1.165) is 51.4 Å². The summed E-state index contributed by atoms with van der Waals surface area (Å²) in [6, 6.07) is 0. The van der Waals surface area contributed by atoms with Crippen LogP contribution in [0.3, 0.4) is 0 Å².